The van der Waals surface area contributed by atoms with Gasteiger partial charge in [0.1, 0.15) is 0 Å². The van der Waals surface area contributed by atoms with E-state index in [2.05, 4.69) is 58.7 Å². The Kier molecular flexibility index (Phi) is 5.03. The van der Waals surface area contributed by atoms with Crippen LogP contribution >= 0.6 is 0 Å². The molecule has 0 aromatic rings. The van der Waals surface area contributed by atoms with Crippen molar-refractivity contribution in [3.05, 3.63) is 0 Å². The van der Waals surface area contributed by atoms with E-state index in [0.717, 1.165) is 18.4 Å². The molecule has 17 heavy (non-hydrogen) atoms. The van der Waals surface area contributed by atoms with Crippen molar-refractivity contribution in [1.82, 2.24) is 10.2 Å². The summed E-state index contributed by atoms with van der Waals surface area (Å²) in [7, 11) is 0. The predicted molar refractivity (Wildman–Crippen MR) is 76.3 cm³/mol. The smallest absolute Gasteiger partial charge is 0.0244 e. The minimum absolute atomic E-state index is 0.407. The van der Waals surface area contributed by atoms with E-state index < -0.39 is 0 Å². The van der Waals surface area contributed by atoms with Gasteiger partial charge in [0.25, 0.3) is 0 Å². The second kappa shape index (κ2) is 5.71. The Morgan fingerprint density at radius 2 is 1.82 bits per heavy atom. The Morgan fingerprint density at radius 1 is 1.24 bits per heavy atom. The molecule has 0 amide bonds. The van der Waals surface area contributed by atoms with E-state index >= 15 is 0 Å². The molecule has 1 heterocycles. The lowest BCUT2D eigenvalue weighted by Crippen LogP contribution is -2.59. The topological polar surface area (TPSA) is 15.3 Å². The summed E-state index contributed by atoms with van der Waals surface area (Å²) in [5.41, 5.74) is 0.407. The van der Waals surface area contributed by atoms with Gasteiger partial charge in [-0.25, -0.2) is 0 Å². The van der Waals surface area contributed by atoms with Crippen LogP contribution in [0.3, 0.4) is 0 Å². The number of hydrogen-bond acceptors (Lipinski definition) is 2. The standard InChI is InChI=1S/C15H32N2/c1-11(2)14-8-16-13(5)9-17(14)10-15(6,7)12(3)4/h11-14,16H,8-10H2,1-7H3. The van der Waals surface area contributed by atoms with Gasteiger partial charge in [-0.05, 0) is 24.2 Å². The summed E-state index contributed by atoms with van der Waals surface area (Å²) >= 11 is 0. The van der Waals surface area contributed by atoms with E-state index in [-0.39, 0.29) is 0 Å². The van der Waals surface area contributed by atoms with Crippen molar-refractivity contribution in [3.8, 4) is 0 Å². The maximum Gasteiger partial charge on any atom is 0.0244 e. The van der Waals surface area contributed by atoms with Gasteiger partial charge in [-0.1, -0.05) is 41.5 Å². The quantitative estimate of drug-likeness (QED) is 0.813. The molecular weight excluding hydrogens is 208 g/mol. The van der Waals surface area contributed by atoms with Gasteiger partial charge < -0.3 is 5.32 Å². The van der Waals surface area contributed by atoms with E-state index in [1.165, 1.54) is 13.1 Å². The molecule has 1 fully saturated rings. The van der Waals surface area contributed by atoms with Crippen LogP contribution in [0.1, 0.15) is 48.5 Å². The largest absolute Gasteiger partial charge is 0.311 e. The number of nitrogens with one attached hydrogen (secondary N) is 1. The molecule has 1 aliphatic heterocycles. The van der Waals surface area contributed by atoms with E-state index in [4.69, 9.17) is 0 Å². The summed E-state index contributed by atoms with van der Waals surface area (Å²) in [4.78, 5) is 2.71. The molecule has 1 N–H and O–H groups in total. The molecule has 0 aliphatic carbocycles. The van der Waals surface area contributed by atoms with Crippen LogP contribution in [0.2, 0.25) is 0 Å². The van der Waals surface area contributed by atoms with E-state index in [0.29, 0.717) is 17.5 Å². The maximum absolute atomic E-state index is 3.62. The van der Waals surface area contributed by atoms with Crippen LogP contribution in [0.5, 0.6) is 0 Å². The molecule has 0 aromatic carbocycles. The third kappa shape index (κ3) is 3.96. The van der Waals surface area contributed by atoms with Crippen LogP contribution in [-0.2, 0) is 0 Å². The molecule has 2 nitrogen and oxygen atoms in total. The zero-order valence-electron chi connectivity index (χ0n) is 12.9. The van der Waals surface area contributed by atoms with Crippen molar-refractivity contribution in [2.24, 2.45) is 17.3 Å². The number of piperazine rings is 1. The molecular formula is C15H32N2. The van der Waals surface area contributed by atoms with Gasteiger partial charge in [-0.2, -0.15) is 0 Å². The van der Waals surface area contributed by atoms with Crippen LogP contribution in [0.4, 0.5) is 0 Å². The van der Waals surface area contributed by atoms with Crippen LogP contribution in [0.25, 0.3) is 0 Å². The van der Waals surface area contributed by atoms with Crippen molar-refractivity contribution in [2.75, 3.05) is 19.6 Å². The fraction of sp³-hybridized carbons (Fsp3) is 1.00. The summed E-state index contributed by atoms with van der Waals surface area (Å²) in [6.45, 7) is 20.0. The molecule has 102 valence electrons. The average Bonchev–Trinajstić information content (AvgIpc) is 2.15. The molecule has 1 rings (SSSR count). The SMILES string of the molecule is CC1CN(CC(C)(C)C(C)C)C(C(C)C)CN1. The zero-order chi connectivity index (χ0) is 13.2. The minimum atomic E-state index is 0.407. The predicted octanol–water partition coefficient (Wildman–Crippen LogP) is 2.99. The summed E-state index contributed by atoms with van der Waals surface area (Å²) < 4.78 is 0. The summed E-state index contributed by atoms with van der Waals surface area (Å²) in [5, 5.41) is 3.62. The van der Waals surface area contributed by atoms with E-state index in [1.807, 2.05) is 0 Å². The first-order valence-electron chi connectivity index (χ1n) is 7.21. The molecule has 1 aliphatic rings. The normalized spacial score (nSPS) is 28.1. The zero-order valence-corrected chi connectivity index (χ0v) is 12.9. The van der Waals surface area contributed by atoms with Crippen LogP contribution in [-0.4, -0.2) is 36.6 Å². The van der Waals surface area contributed by atoms with Gasteiger partial charge in [0, 0.05) is 31.7 Å². The average molecular weight is 240 g/mol. The van der Waals surface area contributed by atoms with Crippen LogP contribution in [0.15, 0.2) is 0 Å². The van der Waals surface area contributed by atoms with Gasteiger partial charge in [-0.15, -0.1) is 0 Å². The molecule has 0 radical (unpaired) electrons. The lowest BCUT2D eigenvalue weighted by molar-refractivity contribution is 0.0470. The highest BCUT2D eigenvalue weighted by Crippen LogP contribution is 2.29. The van der Waals surface area contributed by atoms with Crippen LogP contribution < -0.4 is 5.32 Å². The monoisotopic (exact) mass is 240 g/mol. The molecule has 1 saturated heterocycles. The summed E-state index contributed by atoms with van der Waals surface area (Å²) in [6.07, 6.45) is 0. The van der Waals surface area contributed by atoms with Crippen molar-refractivity contribution in [1.29, 1.82) is 0 Å². The van der Waals surface area contributed by atoms with Gasteiger partial charge in [0.05, 0.1) is 0 Å². The number of hydrogen-bond donors (Lipinski definition) is 1. The Labute approximate surface area is 108 Å². The second-order valence-electron chi connectivity index (χ2n) is 7.19. The number of rotatable bonds is 4. The fourth-order valence-corrected chi connectivity index (χ4v) is 2.55. The highest BCUT2D eigenvalue weighted by atomic mass is 15.2. The first kappa shape index (κ1) is 15.0. The molecule has 2 unspecified atom stereocenters. The maximum atomic E-state index is 3.62. The third-order valence-corrected chi connectivity index (χ3v) is 4.60. The van der Waals surface area contributed by atoms with E-state index in [9.17, 15) is 0 Å². The highest BCUT2D eigenvalue weighted by molar-refractivity contribution is 4.89. The summed E-state index contributed by atoms with van der Waals surface area (Å²) in [5.74, 6) is 1.47. The first-order valence-corrected chi connectivity index (χ1v) is 7.21. The Bertz CT molecular complexity index is 233. The van der Waals surface area contributed by atoms with Crippen molar-refractivity contribution >= 4 is 0 Å². The van der Waals surface area contributed by atoms with Gasteiger partial charge in [-0.3, -0.25) is 4.90 Å². The molecule has 0 bridgehead atoms. The van der Waals surface area contributed by atoms with Gasteiger partial charge >= 0.3 is 0 Å². The first-order chi connectivity index (χ1) is 7.74. The lowest BCUT2D eigenvalue weighted by atomic mass is 9.79. The Morgan fingerprint density at radius 3 is 2.29 bits per heavy atom. The highest BCUT2D eigenvalue weighted by Gasteiger charge is 2.33. The fourth-order valence-electron chi connectivity index (χ4n) is 2.55. The van der Waals surface area contributed by atoms with Crippen molar-refractivity contribution < 1.29 is 0 Å². The van der Waals surface area contributed by atoms with Crippen molar-refractivity contribution in [3.63, 3.8) is 0 Å². The second-order valence-corrected chi connectivity index (χ2v) is 7.19. The molecule has 0 spiro atoms. The Balaban J connectivity index is 2.70. The van der Waals surface area contributed by atoms with Crippen LogP contribution in [0, 0.1) is 17.3 Å². The molecule has 0 saturated carbocycles. The molecule has 2 atom stereocenters. The lowest BCUT2D eigenvalue weighted by Gasteiger charge is -2.46. The minimum Gasteiger partial charge on any atom is -0.311 e. The van der Waals surface area contributed by atoms with Crippen molar-refractivity contribution in [2.45, 2.75) is 60.5 Å². The number of nitrogens with zero attached hydrogens (tertiary/aromatic N) is 1. The molecule has 0 aromatic heterocycles. The van der Waals surface area contributed by atoms with E-state index in [1.54, 1.807) is 0 Å². The van der Waals surface area contributed by atoms with Gasteiger partial charge in [0.15, 0.2) is 0 Å². The molecule has 2 heteroatoms. The summed E-state index contributed by atoms with van der Waals surface area (Å²) in [6, 6.07) is 1.33. The van der Waals surface area contributed by atoms with Gasteiger partial charge in [0.2, 0.25) is 0 Å². The third-order valence-electron chi connectivity index (χ3n) is 4.60. The Hall–Kier alpha value is -0.0800.